The number of carbonyl (C=O) groups is 2. The number of thiazole rings is 1. The van der Waals surface area contributed by atoms with Crippen LogP contribution in [0.2, 0.25) is 0 Å². The molecule has 1 amide bonds. The number of Topliss-reactive ketones (excluding diaryl/α,β-unsaturated/α-hetero) is 1. The number of nitrogens with one attached hydrogen (secondary N) is 2. The lowest BCUT2D eigenvalue weighted by Gasteiger charge is -2.13. The van der Waals surface area contributed by atoms with Gasteiger partial charge in [-0.1, -0.05) is 51.1 Å². The molecule has 0 radical (unpaired) electrons. The first-order chi connectivity index (χ1) is 20.0. The van der Waals surface area contributed by atoms with Gasteiger partial charge in [-0.25, -0.2) is 28.1 Å². The van der Waals surface area contributed by atoms with Gasteiger partial charge in [0.15, 0.2) is 5.82 Å². The zero-order valence-electron chi connectivity index (χ0n) is 22.7. The van der Waals surface area contributed by atoms with Crippen molar-refractivity contribution < 1.29 is 22.8 Å². The summed E-state index contributed by atoms with van der Waals surface area (Å²) in [6, 6.07) is 18.0. The van der Waals surface area contributed by atoms with Gasteiger partial charge in [0.2, 0.25) is 5.95 Å². The number of anilines is 3. The molecule has 0 aliphatic rings. The summed E-state index contributed by atoms with van der Waals surface area (Å²) in [4.78, 5) is 39.4. The fourth-order valence-corrected chi connectivity index (χ4v) is 5.12. The Balaban J connectivity index is 1.53. The smallest absolute Gasteiger partial charge is 0.297 e. The summed E-state index contributed by atoms with van der Waals surface area (Å²) >= 11 is 1.34. The molecule has 5 aromatic rings. The van der Waals surface area contributed by atoms with Gasteiger partial charge in [0.25, 0.3) is 11.7 Å². The Kier molecular flexibility index (Phi) is 7.86. The molecule has 0 saturated heterocycles. The molecule has 212 valence electrons. The van der Waals surface area contributed by atoms with Crippen LogP contribution in [0, 0.1) is 17.5 Å². The van der Waals surface area contributed by atoms with Gasteiger partial charge in [-0.05, 0) is 42.5 Å². The molecule has 0 aliphatic heterocycles. The van der Waals surface area contributed by atoms with Crippen LogP contribution in [0.25, 0.3) is 21.8 Å². The monoisotopic (exact) mass is 587 g/mol. The van der Waals surface area contributed by atoms with E-state index in [0.717, 1.165) is 23.9 Å². The summed E-state index contributed by atoms with van der Waals surface area (Å²) in [5, 5.41) is 6.00. The number of aromatic nitrogens is 3. The lowest BCUT2D eigenvalue weighted by molar-refractivity contribution is -0.112. The summed E-state index contributed by atoms with van der Waals surface area (Å²) in [6.07, 6.45) is 1.58. The van der Waals surface area contributed by atoms with Crippen molar-refractivity contribution >= 4 is 40.4 Å². The molecule has 2 heterocycles. The number of rotatable bonds is 7. The Bertz CT molecular complexity index is 1780. The van der Waals surface area contributed by atoms with E-state index in [0.29, 0.717) is 21.5 Å². The third kappa shape index (κ3) is 5.91. The first-order valence-corrected chi connectivity index (χ1v) is 13.6. The van der Waals surface area contributed by atoms with E-state index in [2.05, 4.69) is 20.6 Å². The van der Waals surface area contributed by atoms with E-state index in [-0.39, 0.29) is 22.4 Å². The highest BCUT2D eigenvalue weighted by Gasteiger charge is 2.28. The second-order valence-corrected chi connectivity index (χ2v) is 11.2. The quantitative estimate of drug-likeness (QED) is 0.151. The molecule has 7 nitrogen and oxygen atoms in total. The van der Waals surface area contributed by atoms with Crippen LogP contribution < -0.4 is 10.6 Å². The van der Waals surface area contributed by atoms with Gasteiger partial charge in [-0.3, -0.25) is 9.59 Å². The lowest BCUT2D eigenvalue weighted by Crippen LogP contribution is -2.25. The first kappa shape index (κ1) is 28.6. The van der Waals surface area contributed by atoms with E-state index in [1.54, 1.807) is 12.3 Å². The molecule has 42 heavy (non-hydrogen) atoms. The van der Waals surface area contributed by atoms with Gasteiger partial charge in [0.1, 0.15) is 11.6 Å². The van der Waals surface area contributed by atoms with Crippen molar-refractivity contribution in [2.45, 2.75) is 26.2 Å². The van der Waals surface area contributed by atoms with Crippen molar-refractivity contribution in [3.05, 3.63) is 107 Å². The summed E-state index contributed by atoms with van der Waals surface area (Å²) in [7, 11) is 0. The zero-order chi connectivity index (χ0) is 30.0. The normalized spacial score (nSPS) is 11.3. The topological polar surface area (TPSA) is 96.9 Å². The highest BCUT2D eigenvalue weighted by molar-refractivity contribution is 7.15. The van der Waals surface area contributed by atoms with Crippen LogP contribution in [0.1, 0.15) is 36.1 Å². The molecule has 0 unspecified atom stereocenters. The second-order valence-electron chi connectivity index (χ2n) is 10.3. The van der Waals surface area contributed by atoms with Crippen molar-refractivity contribution in [2.75, 3.05) is 10.6 Å². The molecule has 3 aromatic carbocycles. The van der Waals surface area contributed by atoms with E-state index in [4.69, 9.17) is 4.98 Å². The van der Waals surface area contributed by atoms with Crippen LogP contribution in [0.3, 0.4) is 0 Å². The largest absolute Gasteiger partial charge is 0.324 e. The van der Waals surface area contributed by atoms with Gasteiger partial charge >= 0.3 is 0 Å². The molecular weight excluding hydrogens is 563 g/mol. The maximum absolute atomic E-state index is 16.0. The molecule has 2 N–H and O–H groups in total. The van der Waals surface area contributed by atoms with Crippen LogP contribution in [0.4, 0.5) is 30.5 Å². The number of benzene rings is 3. The number of nitrogens with zero attached hydrogens (tertiary/aromatic N) is 3. The average molecular weight is 588 g/mol. The number of carbonyl (C=O) groups excluding carboxylic acids is 2. The first-order valence-electron chi connectivity index (χ1n) is 12.8. The predicted octanol–water partition coefficient (Wildman–Crippen LogP) is 7.55. The molecule has 0 bridgehead atoms. The number of hydrogen-bond acceptors (Lipinski definition) is 7. The van der Waals surface area contributed by atoms with Crippen molar-refractivity contribution in [3.63, 3.8) is 0 Å². The van der Waals surface area contributed by atoms with Gasteiger partial charge in [0, 0.05) is 22.9 Å². The Morgan fingerprint density at radius 2 is 1.52 bits per heavy atom. The van der Waals surface area contributed by atoms with Gasteiger partial charge in [-0.15, -0.1) is 11.3 Å². The van der Waals surface area contributed by atoms with Gasteiger partial charge < -0.3 is 10.6 Å². The standard InChI is InChI=1S/C31H24F3N5O2S/c1-31(2,3)29-39-25(27(42-29)22-15-16-35-30(38-22)36-17-9-5-4-6-10-17)18-11-7-14-21(24(18)34)37-28(41)26(40)23-19(32)12-8-13-20(23)33/h4-16H,1-3H3,(H,37,41)(H,35,36,38). The number of ketones is 1. The van der Waals surface area contributed by atoms with Crippen LogP contribution >= 0.6 is 11.3 Å². The summed E-state index contributed by atoms with van der Waals surface area (Å²) in [5.41, 5.74) is -0.169. The maximum Gasteiger partial charge on any atom is 0.297 e. The summed E-state index contributed by atoms with van der Waals surface area (Å²) < 4.78 is 44.1. The predicted molar refractivity (Wildman–Crippen MR) is 156 cm³/mol. The van der Waals surface area contributed by atoms with E-state index in [9.17, 15) is 18.4 Å². The molecule has 5 rings (SSSR count). The molecule has 0 atom stereocenters. The van der Waals surface area contributed by atoms with Crippen LogP contribution in [0.5, 0.6) is 0 Å². The molecule has 0 aliphatic carbocycles. The minimum absolute atomic E-state index is 0.0373. The average Bonchev–Trinajstić information content (AvgIpc) is 3.41. The molecule has 0 saturated carbocycles. The molecular formula is C31H24F3N5O2S. The Morgan fingerprint density at radius 1 is 0.833 bits per heavy atom. The number of amides is 1. The van der Waals surface area contributed by atoms with Crippen molar-refractivity contribution in [1.29, 1.82) is 0 Å². The Hall–Kier alpha value is -4.90. The fourth-order valence-electron chi connectivity index (χ4n) is 4.01. The minimum Gasteiger partial charge on any atom is -0.324 e. The number of hydrogen-bond donors (Lipinski definition) is 2. The summed E-state index contributed by atoms with van der Waals surface area (Å²) in [6.45, 7) is 5.92. The maximum atomic E-state index is 16.0. The van der Waals surface area contributed by atoms with Crippen LogP contribution in [-0.4, -0.2) is 26.6 Å². The van der Waals surface area contributed by atoms with Crippen molar-refractivity contribution in [2.24, 2.45) is 0 Å². The van der Waals surface area contributed by atoms with Crippen molar-refractivity contribution in [3.8, 4) is 21.8 Å². The number of para-hydroxylation sites is 1. The van der Waals surface area contributed by atoms with E-state index in [1.807, 2.05) is 51.1 Å². The Labute approximate surface area is 243 Å². The van der Waals surface area contributed by atoms with Gasteiger partial charge in [0.05, 0.1) is 32.5 Å². The molecule has 0 spiro atoms. The molecule has 0 fully saturated rings. The Morgan fingerprint density at radius 3 is 2.21 bits per heavy atom. The van der Waals surface area contributed by atoms with E-state index >= 15 is 4.39 Å². The highest BCUT2D eigenvalue weighted by atomic mass is 32.1. The van der Waals surface area contributed by atoms with E-state index in [1.165, 1.54) is 29.5 Å². The lowest BCUT2D eigenvalue weighted by atomic mass is 9.98. The third-order valence-electron chi connectivity index (χ3n) is 6.08. The van der Waals surface area contributed by atoms with Crippen LogP contribution in [-0.2, 0) is 10.2 Å². The molecule has 11 heteroatoms. The minimum atomic E-state index is -1.47. The third-order valence-corrected chi connectivity index (χ3v) is 7.59. The number of halogens is 3. The highest BCUT2D eigenvalue weighted by Crippen LogP contribution is 2.42. The fraction of sp³-hybridized carbons (Fsp3) is 0.129. The zero-order valence-corrected chi connectivity index (χ0v) is 23.5. The molecule has 2 aromatic heterocycles. The van der Waals surface area contributed by atoms with Crippen molar-refractivity contribution in [1.82, 2.24) is 15.0 Å². The summed E-state index contributed by atoms with van der Waals surface area (Å²) in [5.74, 6) is -5.81. The SMILES string of the molecule is CC(C)(C)c1nc(-c2cccc(NC(=O)C(=O)c3c(F)cccc3F)c2F)c(-c2ccnc(Nc3ccccc3)n2)s1. The second kappa shape index (κ2) is 11.5. The van der Waals surface area contributed by atoms with Gasteiger partial charge in [-0.2, -0.15) is 0 Å². The van der Waals surface area contributed by atoms with Crippen LogP contribution in [0.15, 0.2) is 79.0 Å². The van der Waals surface area contributed by atoms with E-state index < -0.39 is 34.7 Å².